The van der Waals surface area contributed by atoms with E-state index in [-0.39, 0.29) is 23.0 Å². The first-order valence-corrected chi connectivity index (χ1v) is 9.59. The van der Waals surface area contributed by atoms with Crippen molar-refractivity contribution in [3.05, 3.63) is 35.9 Å². The van der Waals surface area contributed by atoms with Crippen molar-refractivity contribution in [3.8, 4) is 0 Å². The quantitative estimate of drug-likeness (QED) is 0.909. The second kappa shape index (κ2) is 6.93. The molecule has 3 atom stereocenters. The van der Waals surface area contributed by atoms with E-state index in [0.717, 1.165) is 19.3 Å². The molecule has 1 aromatic rings. The van der Waals surface area contributed by atoms with E-state index in [2.05, 4.69) is 17.4 Å². The first kappa shape index (κ1) is 16.5. The Balaban J connectivity index is 2.20. The molecule has 0 heterocycles. The molecule has 1 saturated carbocycles. The minimum absolute atomic E-state index is 0.0914. The summed E-state index contributed by atoms with van der Waals surface area (Å²) >= 11 is 0. The molecule has 0 saturated heterocycles. The van der Waals surface area contributed by atoms with E-state index < -0.39 is 9.84 Å². The van der Waals surface area contributed by atoms with Crippen molar-refractivity contribution in [2.24, 2.45) is 5.92 Å². The van der Waals surface area contributed by atoms with E-state index in [1.165, 1.54) is 5.56 Å². The van der Waals surface area contributed by atoms with Gasteiger partial charge in [0.05, 0.1) is 11.0 Å². The van der Waals surface area contributed by atoms with Crippen LogP contribution in [0, 0.1) is 5.92 Å². The second-order valence-electron chi connectivity index (χ2n) is 6.58. The van der Waals surface area contributed by atoms with Crippen LogP contribution in [0.2, 0.25) is 0 Å². The maximum Gasteiger partial charge on any atom is 0.154 e. The summed E-state index contributed by atoms with van der Waals surface area (Å²) in [6.07, 6.45) is 2.73. The summed E-state index contributed by atoms with van der Waals surface area (Å²) in [7, 11) is -1.17. The van der Waals surface area contributed by atoms with E-state index in [0.29, 0.717) is 5.92 Å². The van der Waals surface area contributed by atoms with E-state index in [4.69, 9.17) is 0 Å². The lowest BCUT2D eigenvalue weighted by molar-refractivity contribution is 0.356. The van der Waals surface area contributed by atoms with Crippen molar-refractivity contribution < 1.29 is 8.42 Å². The third kappa shape index (κ3) is 4.07. The fraction of sp³-hybridized carbons (Fsp3) is 0.647. The van der Waals surface area contributed by atoms with Gasteiger partial charge >= 0.3 is 0 Å². The van der Waals surface area contributed by atoms with Crippen LogP contribution >= 0.6 is 0 Å². The Morgan fingerprint density at radius 2 is 1.86 bits per heavy atom. The van der Waals surface area contributed by atoms with Gasteiger partial charge in [-0.3, -0.25) is 0 Å². The van der Waals surface area contributed by atoms with Crippen molar-refractivity contribution in [1.82, 2.24) is 5.32 Å². The minimum Gasteiger partial charge on any atom is -0.316 e. The van der Waals surface area contributed by atoms with Crippen LogP contribution in [-0.2, 0) is 9.84 Å². The van der Waals surface area contributed by atoms with E-state index in [1.54, 1.807) is 0 Å². The topological polar surface area (TPSA) is 46.2 Å². The van der Waals surface area contributed by atoms with Crippen molar-refractivity contribution in [1.29, 1.82) is 0 Å². The van der Waals surface area contributed by atoms with E-state index >= 15 is 0 Å². The number of nitrogens with one attached hydrogen (secondary N) is 1. The Kier molecular flexibility index (Phi) is 5.44. The lowest BCUT2D eigenvalue weighted by Crippen LogP contribution is -2.47. The zero-order valence-electron chi connectivity index (χ0n) is 13.2. The molecule has 1 fully saturated rings. The van der Waals surface area contributed by atoms with Crippen molar-refractivity contribution in [3.63, 3.8) is 0 Å². The average molecular weight is 309 g/mol. The molecule has 2 rings (SSSR count). The molecule has 118 valence electrons. The van der Waals surface area contributed by atoms with Crippen LogP contribution < -0.4 is 5.32 Å². The molecule has 0 amide bonds. The van der Waals surface area contributed by atoms with Gasteiger partial charge in [0, 0.05) is 6.04 Å². The zero-order chi connectivity index (χ0) is 15.5. The van der Waals surface area contributed by atoms with E-state index in [1.807, 2.05) is 39.1 Å². The molecule has 0 spiro atoms. The molecule has 1 aliphatic carbocycles. The van der Waals surface area contributed by atoms with Gasteiger partial charge < -0.3 is 5.32 Å². The molecule has 1 N–H and O–H groups in total. The molecule has 21 heavy (non-hydrogen) atoms. The average Bonchev–Trinajstić information content (AvgIpc) is 2.46. The molecular formula is C17H27NO2S. The fourth-order valence-electron chi connectivity index (χ4n) is 3.47. The maximum absolute atomic E-state index is 12.7. The van der Waals surface area contributed by atoms with Gasteiger partial charge in [0.15, 0.2) is 9.84 Å². The normalized spacial score (nSPS) is 27.0. The van der Waals surface area contributed by atoms with Gasteiger partial charge in [-0.05, 0) is 43.7 Å². The van der Waals surface area contributed by atoms with Gasteiger partial charge in [0.2, 0.25) is 0 Å². The minimum atomic E-state index is -3.05. The number of rotatable bonds is 5. The smallest absolute Gasteiger partial charge is 0.154 e. The first-order chi connectivity index (χ1) is 9.94. The molecule has 3 nitrogen and oxygen atoms in total. The van der Waals surface area contributed by atoms with Crippen LogP contribution in [-0.4, -0.2) is 32.5 Å². The number of hydrogen-bond acceptors (Lipinski definition) is 3. The maximum atomic E-state index is 12.7. The summed E-state index contributed by atoms with van der Waals surface area (Å²) in [5.74, 6) is 0.838. The highest BCUT2D eigenvalue weighted by Crippen LogP contribution is 2.36. The van der Waals surface area contributed by atoms with Crippen LogP contribution in [0.3, 0.4) is 0 Å². The predicted octanol–water partition coefficient (Wildman–Crippen LogP) is 2.98. The van der Waals surface area contributed by atoms with E-state index in [9.17, 15) is 8.42 Å². The van der Waals surface area contributed by atoms with Crippen LogP contribution in [0.1, 0.15) is 44.6 Å². The highest BCUT2D eigenvalue weighted by atomic mass is 32.2. The highest BCUT2D eigenvalue weighted by molar-refractivity contribution is 7.92. The second-order valence-corrected chi connectivity index (χ2v) is 8.84. The standard InChI is InChI=1S/C17H27NO2S/c1-13(2)12-21(19,20)17-11-15(9-10-16(17)18-3)14-7-5-4-6-8-14/h4-8,13,15-18H,9-12H2,1-3H3. The monoisotopic (exact) mass is 309 g/mol. The number of hydrogen-bond donors (Lipinski definition) is 1. The fourth-order valence-corrected chi connectivity index (χ4v) is 5.95. The van der Waals surface area contributed by atoms with Gasteiger partial charge in [-0.1, -0.05) is 44.2 Å². The third-order valence-electron chi connectivity index (χ3n) is 4.46. The van der Waals surface area contributed by atoms with Crippen molar-refractivity contribution >= 4 is 9.84 Å². The molecule has 3 unspecified atom stereocenters. The summed E-state index contributed by atoms with van der Waals surface area (Å²) < 4.78 is 25.4. The van der Waals surface area contributed by atoms with Gasteiger partial charge in [0.25, 0.3) is 0 Å². The highest BCUT2D eigenvalue weighted by Gasteiger charge is 2.38. The Morgan fingerprint density at radius 3 is 2.43 bits per heavy atom. The van der Waals surface area contributed by atoms with Crippen LogP contribution in [0.4, 0.5) is 0 Å². The first-order valence-electron chi connectivity index (χ1n) is 7.88. The van der Waals surface area contributed by atoms with Crippen molar-refractivity contribution in [2.45, 2.75) is 50.3 Å². The molecule has 0 aromatic heterocycles. The Morgan fingerprint density at radius 1 is 1.19 bits per heavy atom. The molecule has 4 heteroatoms. The van der Waals surface area contributed by atoms with Gasteiger partial charge in [-0.2, -0.15) is 0 Å². The Bertz CT molecular complexity index is 539. The molecule has 0 bridgehead atoms. The van der Waals surface area contributed by atoms with Crippen LogP contribution in [0.5, 0.6) is 0 Å². The summed E-state index contributed by atoms with van der Waals surface area (Å²) in [6, 6.07) is 10.4. The third-order valence-corrected chi connectivity index (χ3v) is 7.04. The lowest BCUT2D eigenvalue weighted by atomic mass is 9.81. The summed E-state index contributed by atoms with van der Waals surface area (Å²) in [5, 5.41) is 2.97. The molecule has 1 aliphatic rings. The molecule has 0 aliphatic heterocycles. The van der Waals surface area contributed by atoms with Crippen LogP contribution in [0.25, 0.3) is 0 Å². The zero-order valence-corrected chi connectivity index (χ0v) is 14.1. The molecule has 1 aromatic carbocycles. The number of benzene rings is 1. The van der Waals surface area contributed by atoms with Crippen LogP contribution in [0.15, 0.2) is 30.3 Å². The Labute approximate surface area is 129 Å². The van der Waals surface area contributed by atoms with Gasteiger partial charge in [0.1, 0.15) is 0 Å². The van der Waals surface area contributed by atoms with Gasteiger partial charge in [-0.25, -0.2) is 8.42 Å². The summed E-state index contributed by atoms with van der Waals surface area (Å²) in [5.41, 5.74) is 1.27. The Hall–Kier alpha value is -0.870. The van der Waals surface area contributed by atoms with Crippen molar-refractivity contribution in [2.75, 3.05) is 12.8 Å². The number of sulfone groups is 1. The summed E-state index contributed by atoms with van der Waals surface area (Å²) in [4.78, 5) is 0. The predicted molar refractivity (Wildman–Crippen MR) is 88.3 cm³/mol. The molecular weight excluding hydrogens is 282 g/mol. The lowest BCUT2D eigenvalue weighted by Gasteiger charge is -2.36. The molecule has 0 radical (unpaired) electrons. The van der Waals surface area contributed by atoms with Gasteiger partial charge in [-0.15, -0.1) is 0 Å². The summed E-state index contributed by atoms with van der Waals surface area (Å²) in [6.45, 7) is 3.95. The largest absolute Gasteiger partial charge is 0.316 e. The SMILES string of the molecule is CNC1CCC(c2ccccc2)CC1S(=O)(=O)CC(C)C.